The molecule has 0 unspecified atom stereocenters. The molecule has 5 N–H and O–H groups in total. The van der Waals surface area contributed by atoms with E-state index in [0.717, 1.165) is 24.9 Å². The van der Waals surface area contributed by atoms with Crippen LogP contribution in [0, 0.1) is 5.41 Å². The Labute approximate surface area is 130 Å². The van der Waals surface area contributed by atoms with Crippen LogP contribution in [0.2, 0.25) is 0 Å². The van der Waals surface area contributed by atoms with Crippen LogP contribution in [-0.4, -0.2) is 18.0 Å². The molecule has 0 radical (unpaired) electrons. The van der Waals surface area contributed by atoms with Gasteiger partial charge < -0.3 is 16.2 Å². The lowest BCUT2D eigenvalue weighted by atomic mass is 10.1. The van der Waals surface area contributed by atoms with Gasteiger partial charge in [-0.1, -0.05) is 19.8 Å². The maximum atomic E-state index is 7.93. The molecule has 0 spiro atoms. The Balaban J connectivity index is 2.14. The summed E-state index contributed by atoms with van der Waals surface area (Å²) in [5.74, 6) is 0.513. The molecule has 22 heavy (non-hydrogen) atoms. The molecule has 1 aliphatic carbocycles. The Morgan fingerprint density at radius 2 is 1.82 bits per heavy atom. The minimum absolute atomic E-state index is 0.283. The van der Waals surface area contributed by atoms with E-state index in [-0.39, 0.29) is 5.71 Å². The van der Waals surface area contributed by atoms with E-state index in [1.165, 1.54) is 0 Å². The van der Waals surface area contributed by atoms with Crippen molar-refractivity contribution in [2.24, 2.45) is 10.7 Å². The molecule has 0 bridgehead atoms. The van der Waals surface area contributed by atoms with Crippen molar-refractivity contribution in [3.63, 3.8) is 0 Å². The van der Waals surface area contributed by atoms with Crippen molar-refractivity contribution in [3.8, 4) is 0 Å². The molecule has 0 amide bonds. The summed E-state index contributed by atoms with van der Waals surface area (Å²) in [6.07, 6.45) is 6.53. The van der Waals surface area contributed by atoms with Gasteiger partial charge in [0.25, 0.3) is 0 Å². The van der Waals surface area contributed by atoms with E-state index < -0.39 is 0 Å². The van der Waals surface area contributed by atoms with Crippen LogP contribution in [0.15, 0.2) is 52.9 Å². The van der Waals surface area contributed by atoms with Crippen LogP contribution in [0.25, 0.3) is 0 Å². The van der Waals surface area contributed by atoms with E-state index >= 15 is 0 Å². The largest absolute Gasteiger partial charge is 0.491 e. The van der Waals surface area contributed by atoms with Gasteiger partial charge in [0, 0.05) is 11.8 Å². The third kappa shape index (κ3) is 4.22. The van der Waals surface area contributed by atoms with Crippen LogP contribution >= 0.6 is 0 Å². The standard InChI is InChI=1S/C17H22N4O/c1-2-3-4-9-22-17-11-16(14(19)10-15(17)20)21-13-7-5-12(18)6-8-13/h5-8,10-11,20H,2-4,9,18-19H2,1H3/b20-15?,21-16+. The number of hydrogen-bond acceptors (Lipinski definition) is 5. The maximum absolute atomic E-state index is 7.93. The summed E-state index contributed by atoms with van der Waals surface area (Å²) in [7, 11) is 0. The minimum atomic E-state index is 0.283. The number of nitrogens with zero attached hydrogens (tertiary/aromatic N) is 1. The number of benzene rings is 1. The number of ether oxygens (including phenoxy) is 1. The minimum Gasteiger partial charge on any atom is -0.491 e. The SMILES string of the molecule is CCCCCOC1=C/C(=N\c2ccc(N)cc2)C(N)=CC1=N. The van der Waals surface area contributed by atoms with Crippen LogP contribution in [0.4, 0.5) is 11.4 Å². The third-order valence-corrected chi connectivity index (χ3v) is 3.28. The van der Waals surface area contributed by atoms with Gasteiger partial charge in [-0.3, -0.25) is 5.41 Å². The molecule has 0 saturated heterocycles. The van der Waals surface area contributed by atoms with Crippen molar-refractivity contribution in [2.45, 2.75) is 26.2 Å². The normalized spacial score (nSPS) is 16.4. The number of aliphatic imine (C=N–C) groups is 1. The molecule has 0 atom stereocenters. The molecule has 0 heterocycles. The lowest BCUT2D eigenvalue weighted by Gasteiger charge is -2.15. The first kappa shape index (κ1) is 15.8. The van der Waals surface area contributed by atoms with Gasteiger partial charge in [0.15, 0.2) is 0 Å². The lowest BCUT2D eigenvalue weighted by Crippen LogP contribution is -2.19. The quantitative estimate of drug-likeness (QED) is 0.427. The second-order valence-corrected chi connectivity index (χ2v) is 5.17. The van der Waals surface area contributed by atoms with Crippen LogP contribution < -0.4 is 11.5 Å². The fourth-order valence-electron chi connectivity index (χ4n) is 2.02. The number of nitrogens with one attached hydrogen (secondary N) is 1. The monoisotopic (exact) mass is 298 g/mol. The van der Waals surface area contributed by atoms with E-state index in [9.17, 15) is 0 Å². The summed E-state index contributed by atoms with van der Waals surface area (Å²) in [4.78, 5) is 4.48. The summed E-state index contributed by atoms with van der Waals surface area (Å²) in [6, 6.07) is 7.22. The second-order valence-electron chi connectivity index (χ2n) is 5.17. The highest BCUT2D eigenvalue weighted by atomic mass is 16.5. The van der Waals surface area contributed by atoms with Gasteiger partial charge in [0.2, 0.25) is 0 Å². The summed E-state index contributed by atoms with van der Waals surface area (Å²) >= 11 is 0. The number of unbranched alkanes of at least 4 members (excludes halogenated alkanes) is 2. The Kier molecular flexibility index (Phi) is 5.36. The van der Waals surface area contributed by atoms with Gasteiger partial charge in [0.05, 0.1) is 29.4 Å². The van der Waals surface area contributed by atoms with Crippen molar-refractivity contribution in [1.29, 1.82) is 5.41 Å². The first-order valence-corrected chi connectivity index (χ1v) is 7.45. The van der Waals surface area contributed by atoms with E-state index in [1.807, 2.05) is 12.1 Å². The zero-order chi connectivity index (χ0) is 15.9. The highest BCUT2D eigenvalue weighted by Crippen LogP contribution is 2.19. The van der Waals surface area contributed by atoms with E-state index in [4.69, 9.17) is 21.6 Å². The van der Waals surface area contributed by atoms with Gasteiger partial charge in [-0.2, -0.15) is 0 Å². The van der Waals surface area contributed by atoms with Crippen molar-refractivity contribution in [1.82, 2.24) is 0 Å². The smallest absolute Gasteiger partial charge is 0.146 e. The molecule has 5 heteroatoms. The first-order valence-electron chi connectivity index (χ1n) is 7.45. The van der Waals surface area contributed by atoms with E-state index in [0.29, 0.717) is 29.5 Å². The molecule has 0 aromatic heterocycles. The molecule has 116 valence electrons. The Bertz CT molecular complexity index is 627. The summed E-state index contributed by atoms with van der Waals surface area (Å²) in [5, 5.41) is 7.93. The fourth-order valence-corrected chi connectivity index (χ4v) is 2.02. The number of hydrogen-bond donors (Lipinski definition) is 3. The molecule has 0 fully saturated rings. The number of rotatable bonds is 6. The van der Waals surface area contributed by atoms with Crippen LogP contribution in [0.3, 0.4) is 0 Å². The summed E-state index contributed by atoms with van der Waals surface area (Å²) < 4.78 is 5.67. The van der Waals surface area contributed by atoms with E-state index in [1.54, 1.807) is 24.3 Å². The van der Waals surface area contributed by atoms with E-state index in [2.05, 4.69) is 11.9 Å². The third-order valence-electron chi connectivity index (χ3n) is 3.28. The first-order chi connectivity index (χ1) is 10.6. The lowest BCUT2D eigenvalue weighted by molar-refractivity contribution is 0.224. The van der Waals surface area contributed by atoms with Crippen molar-refractivity contribution in [3.05, 3.63) is 47.9 Å². The number of allylic oxidation sites excluding steroid dienone is 2. The van der Waals surface area contributed by atoms with Gasteiger partial charge in [0.1, 0.15) is 5.76 Å². The zero-order valence-electron chi connectivity index (χ0n) is 12.8. The van der Waals surface area contributed by atoms with Gasteiger partial charge in [-0.25, -0.2) is 4.99 Å². The number of nitrogen functional groups attached to an aromatic ring is 1. The Hall–Kier alpha value is -2.56. The molecule has 1 aromatic carbocycles. The number of anilines is 1. The molecule has 2 rings (SSSR count). The van der Waals surface area contributed by atoms with Crippen molar-refractivity contribution in [2.75, 3.05) is 12.3 Å². The highest BCUT2D eigenvalue weighted by Gasteiger charge is 2.15. The van der Waals surface area contributed by atoms with Crippen LogP contribution in [0.1, 0.15) is 26.2 Å². The molecular formula is C17H22N4O. The van der Waals surface area contributed by atoms with Crippen LogP contribution in [0.5, 0.6) is 0 Å². The topological polar surface area (TPSA) is 97.5 Å². The molecule has 1 aliphatic rings. The summed E-state index contributed by atoms with van der Waals surface area (Å²) in [5.41, 5.74) is 14.4. The highest BCUT2D eigenvalue weighted by molar-refractivity contribution is 6.22. The van der Waals surface area contributed by atoms with Gasteiger partial charge in [-0.15, -0.1) is 0 Å². The zero-order valence-corrected chi connectivity index (χ0v) is 12.8. The molecular weight excluding hydrogens is 276 g/mol. The predicted octanol–water partition coefficient (Wildman–Crippen LogP) is 3.31. The maximum Gasteiger partial charge on any atom is 0.146 e. The predicted molar refractivity (Wildman–Crippen MR) is 91.5 cm³/mol. The molecule has 1 aromatic rings. The van der Waals surface area contributed by atoms with Gasteiger partial charge in [-0.05, 0) is 36.8 Å². The molecule has 5 nitrogen and oxygen atoms in total. The summed E-state index contributed by atoms with van der Waals surface area (Å²) in [6.45, 7) is 2.74. The average Bonchev–Trinajstić information content (AvgIpc) is 2.50. The van der Waals surface area contributed by atoms with Crippen molar-refractivity contribution < 1.29 is 4.74 Å². The second kappa shape index (κ2) is 7.45. The van der Waals surface area contributed by atoms with Crippen molar-refractivity contribution >= 4 is 22.8 Å². The van der Waals surface area contributed by atoms with Gasteiger partial charge >= 0.3 is 0 Å². The Morgan fingerprint density at radius 1 is 1.09 bits per heavy atom. The molecule has 0 aliphatic heterocycles. The fraction of sp³-hybridized carbons (Fsp3) is 0.294. The average molecular weight is 298 g/mol. The van der Waals surface area contributed by atoms with Crippen LogP contribution in [-0.2, 0) is 4.74 Å². The Morgan fingerprint density at radius 3 is 2.50 bits per heavy atom. The number of nitrogens with two attached hydrogens (primary N) is 2. The molecule has 0 saturated carbocycles.